The molecule has 0 radical (unpaired) electrons. The van der Waals surface area contributed by atoms with Crippen molar-refractivity contribution >= 4 is 22.9 Å². The summed E-state index contributed by atoms with van der Waals surface area (Å²) in [4.78, 5) is 5.29. The van der Waals surface area contributed by atoms with Gasteiger partial charge in [0, 0.05) is 17.2 Å². The number of rotatable bonds is 5. The van der Waals surface area contributed by atoms with Crippen molar-refractivity contribution in [3.63, 3.8) is 0 Å². The molecule has 0 saturated heterocycles. The highest BCUT2D eigenvalue weighted by molar-refractivity contribution is 7.80. The molecule has 1 atom stereocenters. The lowest BCUT2D eigenvalue weighted by Crippen LogP contribution is -2.19. The zero-order valence-electron chi connectivity index (χ0n) is 14.1. The maximum absolute atomic E-state index is 5.95. The van der Waals surface area contributed by atoms with E-state index < -0.39 is 0 Å². The summed E-state index contributed by atoms with van der Waals surface area (Å²) in [6.45, 7) is 6.71. The van der Waals surface area contributed by atoms with Crippen LogP contribution in [-0.4, -0.2) is 21.0 Å². The van der Waals surface area contributed by atoms with Gasteiger partial charge in [-0.25, -0.2) is 4.98 Å². The Morgan fingerprint density at radius 3 is 2.58 bits per heavy atom. The smallest absolute Gasteiger partial charge is 0.137 e. The van der Waals surface area contributed by atoms with Gasteiger partial charge in [0.2, 0.25) is 0 Å². The summed E-state index contributed by atoms with van der Waals surface area (Å²) in [5, 5.41) is 0. The molecule has 3 rings (SSSR count). The molecule has 2 heterocycles. The van der Waals surface area contributed by atoms with Gasteiger partial charge in [0.15, 0.2) is 0 Å². The fourth-order valence-electron chi connectivity index (χ4n) is 2.90. The quantitative estimate of drug-likeness (QED) is 0.711. The normalized spacial score (nSPS) is 12.3. The fourth-order valence-corrected chi connectivity index (χ4v) is 3.01. The van der Waals surface area contributed by atoms with Crippen LogP contribution in [0.4, 0.5) is 0 Å². The second-order valence-electron chi connectivity index (χ2n) is 5.79. The van der Waals surface area contributed by atoms with Gasteiger partial charge in [0.1, 0.15) is 11.4 Å². The largest absolute Gasteiger partial charge is 0.494 e. The number of aryl methyl sites for hydroxylation is 1. The first kappa shape index (κ1) is 16.5. The highest BCUT2D eigenvalue weighted by atomic mass is 32.1. The number of hydrogen-bond acceptors (Lipinski definition) is 3. The lowest BCUT2D eigenvalue weighted by Gasteiger charge is -2.14. The Hall–Kier alpha value is -2.40. The number of nitrogens with two attached hydrogens (primary N) is 1. The predicted octanol–water partition coefficient (Wildman–Crippen LogP) is 4.10. The maximum Gasteiger partial charge on any atom is 0.137 e. The van der Waals surface area contributed by atoms with E-state index in [4.69, 9.17) is 27.7 Å². The molecule has 0 spiro atoms. The zero-order valence-corrected chi connectivity index (χ0v) is 14.9. The van der Waals surface area contributed by atoms with E-state index in [1.54, 1.807) is 0 Å². The van der Waals surface area contributed by atoms with Crippen molar-refractivity contribution in [1.29, 1.82) is 0 Å². The van der Waals surface area contributed by atoms with Crippen LogP contribution < -0.4 is 10.5 Å². The standard InChI is InChI=1S/C19H21N3OS/c1-4-23-15-10-8-14(9-11-15)17-18(13(3)19(20)24)22-12(2)6-5-7-16(22)21-17/h5-11,13H,4H2,1-3H3,(H2,20,24). The Labute approximate surface area is 147 Å². The molecule has 0 aliphatic carbocycles. The van der Waals surface area contributed by atoms with Gasteiger partial charge >= 0.3 is 0 Å². The molecule has 24 heavy (non-hydrogen) atoms. The molecule has 0 bridgehead atoms. The minimum absolute atomic E-state index is 0.0716. The summed E-state index contributed by atoms with van der Waals surface area (Å²) in [6.07, 6.45) is 0. The van der Waals surface area contributed by atoms with Gasteiger partial charge < -0.3 is 10.5 Å². The molecule has 3 aromatic rings. The summed E-state index contributed by atoms with van der Waals surface area (Å²) in [6, 6.07) is 14.0. The first-order valence-corrected chi connectivity index (χ1v) is 8.44. The van der Waals surface area contributed by atoms with Crippen molar-refractivity contribution in [2.24, 2.45) is 5.73 Å². The van der Waals surface area contributed by atoms with Crippen molar-refractivity contribution in [1.82, 2.24) is 9.38 Å². The molecule has 0 amide bonds. The lowest BCUT2D eigenvalue weighted by atomic mass is 10.0. The minimum atomic E-state index is -0.0716. The van der Waals surface area contributed by atoms with E-state index in [-0.39, 0.29) is 5.92 Å². The van der Waals surface area contributed by atoms with Crippen LogP contribution in [0.5, 0.6) is 5.75 Å². The van der Waals surface area contributed by atoms with Crippen LogP contribution >= 0.6 is 12.2 Å². The van der Waals surface area contributed by atoms with E-state index in [1.165, 1.54) is 0 Å². The fraction of sp³-hybridized carbons (Fsp3) is 0.263. The van der Waals surface area contributed by atoms with Crippen molar-refractivity contribution in [3.05, 3.63) is 53.9 Å². The molecule has 0 aliphatic heterocycles. The molecule has 1 aromatic carbocycles. The van der Waals surface area contributed by atoms with Crippen LogP contribution in [0.2, 0.25) is 0 Å². The van der Waals surface area contributed by atoms with E-state index in [9.17, 15) is 0 Å². The van der Waals surface area contributed by atoms with Crippen molar-refractivity contribution in [2.45, 2.75) is 26.7 Å². The van der Waals surface area contributed by atoms with E-state index in [1.807, 2.05) is 50.2 Å². The monoisotopic (exact) mass is 339 g/mol. The van der Waals surface area contributed by atoms with Gasteiger partial charge in [-0.2, -0.15) is 0 Å². The SMILES string of the molecule is CCOc1ccc(-c2nc3cccc(C)n3c2C(C)C(N)=S)cc1. The highest BCUT2D eigenvalue weighted by Crippen LogP contribution is 2.32. The molecule has 5 heteroatoms. The summed E-state index contributed by atoms with van der Waals surface area (Å²) >= 11 is 5.25. The van der Waals surface area contributed by atoms with Crippen molar-refractivity contribution in [2.75, 3.05) is 6.61 Å². The second-order valence-corrected chi connectivity index (χ2v) is 6.26. The lowest BCUT2D eigenvalue weighted by molar-refractivity contribution is 0.340. The summed E-state index contributed by atoms with van der Waals surface area (Å²) in [5.74, 6) is 0.780. The summed E-state index contributed by atoms with van der Waals surface area (Å²) in [7, 11) is 0. The van der Waals surface area contributed by atoms with Crippen molar-refractivity contribution in [3.8, 4) is 17.0 Å². The zero-order chi connectivity index (χ0) is 17.3. The molecule has 0 aliphatic rings. The van der Waals surface area contributed by atoms with Gasteiger partial charge in [-0.15, -0.1) is 0 Å². The van der Waals surface area contributed by atoms with Gasteiger partial charge in [0.25, 0.3) is 0 Å². The molecule has 124 valence electrons. The molecule has 2 aromatic heterocycles. The van der Waals surface area contributed by atoms with Crippen LogP contribution in [0, 0.1) is 6.92 Å². The number of aromatic nitrogens is 2. The first-order chi connectivity index (χ1) is 11.5. The third-order valence-electron chi connectivity index (χ3n) is 4.15. The van der Waals surface area contributed by atoms with Crippen LogP contribution in [-0.2, 0) is 0 Å². The number of benzene rings is 1. The molecule has 4 nitrogen and oxygen atoms in total. The van der Waals surface area contributed by atoms with Crippen molar-refractivity contribution < 1.29 is 4.74 Å². The molecular weight excluding hydrogens is 318 g/mol. The Balaban J connectivity index is 2.21. The second kappa shape index (κ2) is 6.61. The number of thiocarbonyl (C=S) groups is 1. The number of hydrogen-bond donors (Lipinski definition) is 1. The number of nitrogens with zero attached hydrogens (tertiary/aromatic N) is 2. The number of fused-ring (bicyclic) bond motifs is 1. The predicted molar refractivity (Wildman–Crippen MR) is 102 cm³/mol. The Bertz CT molecular complexity index is 884. The molecule has 2 N–H and O–H groups in total. The molecule has 0 saturated carbocycles. The van der Waals surface area contributed by atoms with Gasteiger partial charge in [-0.3, -0.25) is 4.40 Å². The van der Waals surface area contributed by atoms with E-state index >= 15 is 0 Å². The third kappa shape index (κ3) is 2.87. The maximum atomic E-state index is 5.95. The van der Waals surface area contributed by atoms with E-state index in [0.717, 1.165) is 34.0 Å². The van der Waals surface area contributed by atoms with Crippen LogP contribution in [0.3, 0.4) is 0 Å². The summed E-state index contributed by atoms with van der Waals surface area (Å²) in [5.41, 5.74) is 10.9. The van der Waals surface area contributed by atoms with E-state index in [0.29, 0.717) is 11.6 Å². The highest BCUT2D eigenvalue weighted by Gasteiger charge is 2.22. The number of imidazole rings is 1. The Kier molecular flexibility index (Phi) is 4.53. The van der Waals surface area contributed by atoms with Crippen LogP contribution in [0.1, 0.15) is 31.2 Å². The van der Waals surface area contributed by atoms with E-state index in [2.05, 4.69) is 17.4 Å². The van der Waals surface area contributed by atoms with Gasteiger partial charge in [-0.1, -0.05) is 25.2 Å². The van der Waals surface area contributed by atoms with Gasteiger partial charge in [-0.05, 0) is 50.2 Å². The molecule has 1 unspecified atom stereocenters. The first-order valence-electron chi connectivity index (χ1n) is 8.03. The Morgan fingerprint density at radius 2 is 1.96 bits per heavy atom. The number of ether oxygens (including phenoxy) is 1. The number of pyridine rings is 1. The molecular formula is C19H21N3OS. The summed E-state index contributed by atoms with van der Waals surface area (Å²) < 4.78 is 7.66. The minimum Gasteiger partial charge on any atom is -0.494 e. The van der Waals surface area contributed by atoms with Gasteiger partial charge in [0.05, 0.1) is 23.0 Å². The topological polar surface area (TPSA) is 52.5 Å². The Morgan fingerprint density at radius 1 is 1.25 bits per heavy atom. The molecule has 0 fully saturated rings. The van der Waals surface area contributed by atoms with Crippen LogP contribution in [0.15, 0.2) is 42.5 Å². The average Bonchev–Trinajstić information content (AvgIpc) is 2.96. The van der Waals surface area contributed by atoms with Crippen LogP contribution in [0.25, 0.3) is 16.9 Å². The average molecular weight is 339 g/mol. The third-order valence-corrected chi connectivity index (χ3v) is 4.50.